The SMILES string of the molecule is CC1(C(=O)c2ccc(OCCOC(=O)CN3C(=O)c4ccccc4C3=O)cc2)CO1.CCCC.CCCCCC(C)(C)C(=O)c1ccc(OCCOC(=O)CN2C(=O)c3ccccc3C2=O)cc1. The van der Waals surface area contributed by atoms with Crippen LogP contribution in [0.15, 0.2) is 97.1 Å². The number of carbonyl (C=O) groups is 8. The van der Waals surface area contributed by atoms with Crippen LogP contribution in [0.5, 0.6) is 11.5 Å². The minimum atomic E-state index is -0.712. The zero-order valence-corrected chi connectivity index (χ0v) is 39.6. The summed E-state index contributed by atoms with van der Waals surface area (Å²) in [4.78, 5) is 99.9. The average Bonchev–Trinajstić information content (AvgIpc) is 4.01. The number of imide groups is 2. The second kappa shape index (κ2) is 24.1. The van der Waals surface area contributed by atoms with Crippen molar-refractivity contribution >= 4 is 47.1 Å². The number of ether oxygens (including phenoxy) is 5. The number of unbranched alkanes of at least 4 members (excludes halogenated alkanes) is 3. The molecule has 0 aromatic heterocycles. The van der Waals surface area contributed by atoms with Crippen molar-refractivity contribution in [3.63, 3.8) is 0 Å². The number of hydrogen-bond donors (Lipinski definition) is 0. The highest BCUT2D eigenvalue weighted by molar-refractivity contribution is 6.23. The molecule has 0 N–H and O–H groups in total. The summed E-state index contributed by atoms with van der Waals surface area (Å²) in [6.07, 6.45) is 6.76. The van der Waals surface area contributed by atoms with Crippen LogP contribution < -0.4 is 9.47 Å². The number of fused-ring (bicyclic) bond motifs is 2. The molecule has 3 heterocycles. The van der Waals surface area contributed by atoms with Crippen molar-refractivity contribution in [1.29, 1.82) is 0 Å². The number of Topliss-reactive ketones (excluding diaryl/α,β-unsaturated/α-hetero) is 2. The Morgan fingerprint density at radius 1 is 0.559 bits per heavy atom. The summed E-state index contributed by atoms with van der Waals surface area (Å²) in [5, 5.41) is 0. The van der Waals surface area contributed by atoms with Crippen LogP contribution in [0.1, 0.15) is 142 Å². The molecular weight excluding hydrogens is 873 g/mol. The molecule has 3 aliphatic rings. The van der Waals surface area contributed by atoms with Gasteiger partial charge in [0.2, 0.25) is 0 Å². The predicted molar refractivity (Wildman–Crippen MR) is 251 cm³/mol. The van der Waals surface area contributed by atoms with Crippen molar-refractivity contribution in [3.8, 4) is 11.5 Å². The van der Waals surface area contributed by atoms with Gasteiger partial charge in [0.1, 0.15) is 51.0 Å². The van der Waals surface area contributed by atoms with Gasteiger partial charge in [-0.1, -0.05) is 91.0 Å². The summed E-state index contributed by atoms with van der Waals surface area (Å²) in [6, 6.07) is 26.4. The van der Waals surface area contributed by atoms with Gasteiger partial charge in [0.05, 0.1) is 28.9 Å². The standard InChI is InChI=1S/C27H31NO6.C22H19NO7.C4H10/c1-4-5-8-15-27(2,3)24(30)19-11-13-20(14-12-19)33-16-17-34-23(29)18-28-25(31)21-9-6-7-10-22(21)26(28)32;1-22(13-30-22)19(25)14-6-8-15(9-7-14)28-10-11-29-18(24)12-23-20(26)16-4-2-3-5-17(16)21(23)27;1-3-4-2/h6-7,9-14H,4-5,8,15-18H2,1-3H3;2-9H,10-13H2,1H3;3-4H2,1-2H3. The third-order valence-corrected chi connectivity index (χ3v) is 11.4. The van der Waals surface area contributed by atoms with Gasteiger partial charge in [-0.05, 0) is 86.1 Å². The van der Waals surface area contributed by atoms with E-state index in [4.69, 9.17) is 23.7 Å². The van der Waals surface area contributed by atoms with Crippen molar-refractivity contribution in [1.82, 2.24) is 9.80 Å². The molecule has 1 saturated heterocycles. The molecule has 1 unspecified atom stereocenters. The molecule has 15 nitrogen and oxygen atoms in total. The van der Waals surface area contributed by atoms with E-state index in [0.29, 0.717) is 29.2 Å². The lowest BCUT2D eigenvalue weighted by atomic mass is 9.80. The maximum Gasteiger partial charge on any atom is 0.326 e. The van der Waals surface area contributed by atoms with Crippen molar-refractivity contribution in [2.75, 3.05) is 46.1 Å². The lowest BCUT2D eigenvalue weighted by Gasteiger charge is -2.23. The highest BCUT2D eigenvalue weighted by atomic mass is 16.6. The molecule has 4 aromatic rings. The number of benzene rings is 4. The number of amides is 4. The predicted octanol–water partition coefficient (Wildman–Crippen LogP) is 8.38. The second-order valence-corrected chi connectivity index (χ2v) is 17.2. The second-order valence-electron chi connectivity index (χ2n) is 17.2. The summed E-state index contributed by atoms with van der Waals surface area (Å²) in [6.45, 7) is 11.8. The number of nitrogens with zero attached hydrogens (tertiary/aromatic N) is 2. The summed E-state index contributed by atoms with van der Waals surface area (Å²) in [5.74, 6) is -2.31. The molecule has 360 valence electrons. The first-order valence-electron chi connectivity index (χ1n) is 23.0. The smallest absolute Gasteiger partial charge is 0.326 e. The molecule has 0 spiro atoms. The Bertz CT molecular complexity index is 2380. The topological polar surface area (TPSA) is 192 Å². The Hall–Kier alpha value is -7.00. The Kier molecular flexibility index (Phi) is 18.5. The highest BCUT2D eigenvalue weighted by Gasteiger charge is 2.47. The summed E-state index contributed by atoms with van der Waals surface area (Å²) >= 11 is 0. The molecule has 1 atom stereocenters. The average molecular weight is 933 g/mol. The summed E-state index contributed by atoms with van der Waals surface area (Å²) < 4.78 is 26.4. The number of hydrogen-bond acceptors (Lipinski definition) is 13. The van der Waals surface area contributed by atoms with E-state index in [1.807, 2.05) is 13.8 Å². The van der Waals surface area contributed by atoms with Gasteiger partial charge < -0.3 is 23.7 Å². The van der Waals surface area contributed by atoms with Gasteiger partial charge in [-0.15, -0.1) is 0 Å². The molecule has 1 fully saturated rings. The maximum absolute atomic E-state index is 12.8. The maximum atomic E-state index is 12.8. The fraction of sp³-hybridized carbons (Fsp3) is 0.396. The van der Waals surface area contributed by atoms with Crippen LogP contribution >= 0.6 is 0 Å². The number of ketones is 2. The minimum Gasteiger partial charge on any atom is -0.490 e. The van der Waals surface area contributed by atoms with Gasteiger partial charge in [0.15, 0.2) is 17.2 Å². The number of epoxide rings is 1. The van der Waals surface area contributed by atoms with Gasteiger partial charge in [0, 0.05) is 16.5 Å². The van der Waals surface area contributed by atoms with Crippen molar-refractivity contribution in [2.45, 2.75) is 85.7 Å². The van der Waals surface area contributed by atoms with Gasteiger partial charge in [-0.25, -0.2) is 0 Å². The van der Waals surface area contributed by atoms with Crippen molar-refractivity contribution < 1.29 is 62.0 Å². The zero-order valence-electron chi connectivity index (χ0n) is 39.6. The Morgan fingerprint density at radius 3 is 1.29 bits per heavy atom. The molecule has 4 amide bonds. The van der Waals surface area contributed by atoms with E-state index in [1.165, 1.54) is 12.8 Å². The molecule has 68 heavy (non-hydrogen) atoms. The van der Waals surface area contributed by atoms with Crippen LogP contribution in [-0.2, 0) is 23.8 Å². The molecule has 7 rings (SSSR count). The highest BCUT2D eigenvalue weighted by Crippen LogP contribution is 2.32. The van der Waals surface area contributed by atoms with E-state index in [9.17, 15) is 38.4 Å². The zero-order chi connectivity index (χ0) is 49.4. The first-order chi connectivity index (χ1) is 32.5. The van der Waals surface area contributed by atoms with Gasteiger partial charge in [0.25, 0.3) is 23.6 Å². The minimum absolute atomic E-state index is 0.0346. The summed E-state index contributed by atoms with van der Waals surface area (Å²) in [7, 11) is 0. The number of rotatable bonds is 21. The molecule has 0 bridgehead atoms. The normalized spacial score (nSPS) is 15.6. The Labute approximate surface area is 397 Å². The Morgan fingerprint density at radius 2 is 0.941 bits per heavy atom. The molecule has 15 heteroatoms. The monoisotopic (exact) mass is 932 g/mol. The largest absolute Gasteiger partial charge is 0.490 e. The van der Waals surface area contributed by atoms with E-state index in [1.54, 1.807) is 104 Å². The molecule has 0 radical (unpaired) electrons. The van der Waals surface area contributed by atoms with E-state index >= 15 is 0 Å². The quantitative estimate of drug-likeness (QED) is 0.0255. The first-order valence-corrected chi connectivity index (χ1v) is 23.0. The van der Waals surface area contributed by atoms with Gasteiger partial charge in [-0.3, -0.25) is 48.2 Å². The van der Waals surface area contributed by atoms with Crippen LogP contribution in [0.4, 0.5) is 0 Å². The van der Waals surface area contributed by atoms with Gasteiger partial charge in [-0.2, -0.15) is 0 Å². The van der Waals surface area contributed by atoms with Crippen LogP contribution in [0.2, 0.25) is 0 Å². The lowest BCUT2D eigenvalue weighted by Crippen LogP contribution is -2.36. The molecule has 0 saturated carbocycles. The number of carbonyl (C=O) groups excluding carboxylic acids is 8. The number of esters is 2. The Balaban J connectivity index is 0.000000237. The molecule has 0 aliphatic carbocycles. The van der Waals surface area contributed by atoms with E-state index in [0.717, 1.165) is 35.5 Å². The van der Waals surface area contributed by atoms with E-state index in [-0.39, 0.29) is 60.2 Å². The van der Waals surface area contributed by atoms with Crippen LogP contribution in [0, 0.1) is 5.41 Å². The van der Waals surface area contributed by atoms with Crippen LogP contribution in [0.25, 0.3) is 0 Å². The lowest BCUT2D eigenvalue weighted by molar-refractivity contribution is -0.145. The van der Waals surface area contributed by atoms with E-state index < -0.39 is 59.7 Å². The molecule has 3 aliphatic heterocycles. The van der Waals surface area contributed by atoms with Crippen LogP contribution in [0.3, 0.4) is 0 Å². The van der Waals surface area contributed by atoms with Gasteiger partial charge >= 0.3 is 11.9 Å². The third-order valence-electron chi connectivity index (χ3n) is 11.4. The third kappa shape index (κ3) is 13.6. The molecular formula is C53H60N2O13. The van der Waals surface area contributed by atoms with Crippen LogP contribution in [-0.4, -0.2) is 109 Å². The fourth-order valence-corrected chi connectivity index (χ4v) is 7.02. The summed E-state index contributed by atoms with van der Waals surface area (Å²) in [5.41, 5.74) is 1.19. The van der Waals surface area contributed by atoms with E-state index in [2.05, 4.69) is 20.8 Å². The van der Waals surface area contributed by atoms with Crippen molar-refractivity contribution in [2.24, 2.45) is 5.41 Å². The van der Waals surface area contributed by atoms with Crippen molar-refractivity contribution in [3.05, 3.63) is 130 Å². The molecule has 4 aromatic carbocycles. The first kappa shape index (κ1) is 52.0. The fourth-order valence-electron chi connectivity index (χ4n) is 7.02.